The minimum Gasteiger partial charge on any atom is -0.490 e. The quantitative estimate of drug-likeness (QED) is 0.0761. The Balaban J connectivity index is 1.40. The van der Waals surface area contributed by atoms with E-state index in [1.54, 1.807) is 69.3 Å². The number of methoxy groups -OCH3 is 1. The molecule has 4 N–H and O–H groups in total. The van der Waals surface area contributed by atoms with Crippen LogP contribution in [0.25, 0.3) is 0 Å². The van der Waals surface area contributed by atoms with E-state index in [9.17, 15) is 19.1 Å². The predicted molar refractivity (Wildman–Crippen MR) is 172 cm³/mol. The number of hydrogen-bond acceptors (Lipinski definition) is 10. The third-order valence-electron chi connectivity index (χ3n) is 6.77. The highest BCUT2D eigenvalue weighted by atomic mass is 35.5. The van der Waals surface area contributed by atoms with Gasteiger partial charge in [0.15, 0.2) is 29.2 Å². The Morgan fingerprint density at radius 2 is 1.81 bits per heavy atom. The van der Waals surface area contributed by atoms with Gasteiger partial charge in [-0.15, -0.1) is 0 Å². The molecule has 0 aromatic heterocycles. The fourth-order valence-electron chi connectivity index (χ4n) is 4.65. The van der Waals surface area contributed by atoms with Crippen LogP contribution in [0.2, 0.25) is 5.02 Å². The smallest absolute Gasteiger partial charge is 0.337 e. The largest absolute Gasteiger partial charge is 0.490 e. The van der Waals surface area contributed by atoms with E-state index in [0.29, 0.717) is 52.8 Å². The lowest BCUT2D eigenvalue weighted by Crippen LogP contribution is -2.45. The summed E-state index contributed by atoms with van der Waals surface area (Å²) in [7, 11) is 1.26. The summed E-state index contributed by atoms with van der Waals surface area (Å²) >= 11 is 6.47. The highest BCUT2D eigenvalue weighted by Gasteiger charge is 2.32. The Morgan fingerprint density at radius 1 is 1.06 bits per heavy atom. The molecule has 1 aliphatic rings. The molecule has 0 aliphatic carbocycles. The van der Waals surface area contributed by atoms with Gasteiger partial charge in [0.05, 0.1) is 43.2 Å². The van der Waals surface area contributed by atoms with Crippen molar-refractivity contribution in [2.24, 2.45) is 5.10 Å². The number of nitrogens with zero attached hydrogens (tertiary/aromatic N) is 1. The number of aliphatic hydroxyl groups excluding tert-OH is 1. The average Bonchev–Trinajstić information content (AvgIpc) is 3.04. The fourth-order valence-corrected chi connectivity index (χ4v) is 4.92. The van der Waals surface area contributed by atoms with Crippen LogP contribution >= 0.6 is 11.6 Å². The maximum Gasteiger partial charge on any atom is 0.337 e. The maximum absolute atomic E-state index is 14.0. The van der Waals surface area contributed by atoms with E-state index < -0.39 is 24.3 Å². The normalized spacial score (nSPS) is 15.0. The van der Waals surface area contributed by atoms with Gasteiger partial charge in [-0.1, -0.05) is 35.9 Å². The van der Waals surface area contributed by atoms with Gasteiger partial charge in [0.25, 0.3) is 0 Å². The summed E-state index contributed by atoms with van der Waals surface area (Å²) in [6.45, 7) is 5.61. The number of allylic oxidation sites excluding steroid dienone is 1. The highest BCUT2D eigenvalue weighted by Crippen LogP contribution is 2.37. The number of aliphatic hydroxyl groups is 1. The highest BCUT2D eigenvalue weighted by molar-refractivity contribution is 6.32. The molecule has 0 unspecified atom stereocenters. The molecule has 0 radical (unpaired) electrons. The molecular formula is C33H36ClFN4O8. The standard InChI is InChI=1S/C33H36ClFN4O8/c1-5-44-26-15-21(30-29(32(41)43-4)19(3)37-33(42)38-30)11-12-25(26)46-18-28(40)39-36-16-20-13-23(34)31(27(14-20)45-6-2)47-17-22-9-7-8-10-24(22)35/h7-16,28,30,39-40H,5-6,17-18H2,1-4H3,(H2,37,38,42)/b36-16-/t28-,30-/m1/s1. The lowest BCUT2D eigenvalue weighted by atomic mass is 9.95. The second kappa shape index (κ2) is 16.5. The van der Waals surface area contributed by atoms with Crippen LogP contribution in [0.3, 0.4) is 0 Å². The van der Waals surface area contributed by atoms with E-state index in [4.69, 9.17) is 35.3 Å². The third kappa shape index (κ3) is 9.05. The second-order valence-corrected chi connectivity index (χ2v) is 10.5. The number of nitrogens with one attached hydrogen (secondary N) is 3. The van der Waals surface area contributed by atoms with Crippen LogP contribution in [0.5, 0.6) is 23.0 Å². The number of rotatable bonds is 15. The van der Waals surface area contributed by atoms with Gasteiger partial charge >= 0.3 is 12.0 Å². The summed E-state index contributed by atoms with van der Waals surface area (Å²) < 4.78 is 42.0. The molecule has 47 heavy (non-hydrogen) atoms. The van der Waals surface area contributed by atoms with Crippen molar-refractivity contribution in [1.29, 1.82) is 0 Å². The number of amides is 2. The number of halogens is 2. The van der Waals surface area contributed by atoms with Gasteiger partial charge in [-0.05, 0) is 62.2 Å². The zero-order valence-electron chi connectivity index (χ0n) is 26.3. The van der Waals surface area contributed by atoms with Crippen LogP contribution in [0.1, 0.15) is 43.5 Å². The first-order chi connectivity index (χ1) is 22.6. The molecule has 14 heteroatoms. The Hall–Kier alpha value is -5.01. The molecule has 0 saturated heterocycles. The Bertz CT molecular complexity index is 1650. The summed E-state index contributed by atoms with van der Waals surface area (Å²) in [4.78, 5) is 24.6. The van der Waals surface area contributed by atoms with E-state index in [0.717, 1.165) is 0 Å². The second-order valence-electron chi connectivity index (χ2n) is 10.1. The average molecular weight is 671 g/mol. The minimum absolute atomic E-state index is 0.0404. The topological polar surface area (TPSA) is 149 Å². The molecule has 0 spiro atoms. The van der Waals surface area contributed by atoms with E-state index in [2.05, 4.69) is 21.2 Å². The molecule has 2 atom stereocenters. The van der Waals surface area contributed by atoms with E-state index in [1.807, 2.05) is 0 Å². The van der Waals surface area contributed by atoms with Crippen LogP contribution in [0, 0.1) is 5.82 Å². The molecule has 250 valence electrons. The summed E-state index contributed by atoms with van der Waals surface area (Å²) in [5.41, 5.74) is 4.69. The van der Waals surface area contributed by atoms with Crippen LogP contribution in [0.15, 0.2) is 71.0 Å². The fraction of sp³-hybridized carbons (Fsp3) is 0.303. The maximum atomic E-state index is 14.0. The number of ether oxygens (including phenoxy) is 5. The van der Waals surface area contributed by atoms with Gasteiger partial charge in [-0.2, -0.15) is 5.10 Å². The van der Waals surface area contributed by atoms with Gasteiger partial charge in [-0.3, -0.25) is 5.43 Å². The molecular weight excluding hydrogens is 635 g/mol. The lowest BCUT2D eigenvalue weighted by molar-refractivity contribution is -0.136. The van der Waals surface area contributed by atoms with Crippen LogP contribution in [0.4, 0.5) is 9.18 Å². The van der Waals surface area contributed by atoms with Crippen molar-refractivity contribution in [3.05, 3.63) is 93.4 Å². The lowest BCUT2D eigenvalue weighted by Gasteiger charge is -2.28. The van der Waals surface area contributed by atoms with Crippen molar-refractivity contribution >= 4 is 29.8 Å². The minimum atomic E-state index is -1.22. The summed E-state index contributed by atoms with van der Waals surface area (Å²) in [6.07, 6.45) is 0.214. The van der Waals surface area contributed by atoms with Gasteiger partial charge in [-0.25, -0.2) is 14.0 Å². The van der Waals surface area contributed by atoms with E-state index >= 15 is 0 Å². The van der Waals surface area contributed by atoms with E-state index in [-0.39, 0.29) is 35.4 Å². The molecule has 1 aliphatic heterocycles. The van der Waals surface area contributed by atoms with Crippen molar-refractivity contribution in [1.82, 2.24) is 16.1 Å². The molecule has 0 bridgehead atoms. The Labute approximate surface area is 276 Å². The molecule has 0 saturated carbocycles. The summed E-state index contributed by atoms with van der Waals surface area (Å²) in [6, 6.07) is 13.2. The molecule has 0 fully saturated rings. The zero-order valence-corrected chi connectivity index (χ0v) is 27.0. The molecule has 12 nitrogen and oxygen atoms in total. The van der Waals surface area contributed by atoms with E-state index in [1.165, 1.54) is 19.4 Å². The molecule has 3 aromatic rings. The molecule has 2 amide bonds. The first-order valence-corrected chi connectivity index (χ1v) is 15.1. The molecule has 3 aromatic carbocycles. The molecule has 1 heterocycles. The monoisotopic (exact) mass is 670 g/mol. The van der Waals surface area contributed by atoms with Crippen molar-refractivity contribution in [2.45, 2.75) is 39.6 Å². The number of carbonyl (C=O) groups is 2. The van der Waals surface area contributed by atoms with Crippen molar-refractivity contribution in [3.8, 4) is 23.0 Å². The number of carbonyl (C=O) groups excluding carboxylic acids is 2. The predicted octanol–water partition coefficient (Wildman–Crippen LogP) is 4.98. The number of esters is 1. The van der Waals surface area contributed by atoms with Gasteiger partial charge in [0.1, 0.15) is 19.0 Å². The van der Waals surface area contributed by atoms with Crippen LogP contribution in [-0.4, -0.2) is 56.5 Å². The Morgan fingerprint density at radius 3 is 2.53 bits per heavy atom. The first-order valence-electron chi connectivity index (χ1n) is 14.7. The van der Waals surface area contributed by atoms with Gasteiger partial charge in [0.2, 0.25) is 0 Å². The third-order valence-corrected chi connectivity index (χ3v) is 7.05. The van der Waals surface area contributed by atoms with Gasteiger partial charge in [0, 0.05) is 11.3 Å². The number of hydrazone groups is 1. The van der Waals surface area contributed by atoms with Crippen LogP contribution < -0.4 is 35.0 Å². The summed E-state index contributed by atoms with van der Waals surface area (Å²) in [5.74, 6) is 0.293. The molecule has 4 rings (SSSR count). The number of hydrogen-bond donors (Lipinski definition) is 4. The number of benzene rings is 3. The first kappa shape index (κ1) is 34.9. The SMILES string of the molecule is CCOc1cc([C@H]2NC(=O)NC(C)=C2C(=O)OC)ccc1OC[C@@H](O)N/N=C\c1cc(Cl)c(OCc2ccccc2F)c(OCC)c1. The van der Waals surface area contributed by atoms with Crippen molar-refractivity contribution < 1.29 is 42.8 Å². The number of urea groups is 1. The zero-order chi connectivity index (χ0) is 33.9. The van der Waals surface area contributed by atoms with Gasteiger partial charge < -0.3 is 39.4 Å². The summed E-state index contributed by atoms with van der Waals surface area (Å²) in [5, 5.41) is 20.1. The van der Waals surface area contributed by atoms with Crippen molar-refractivity contribution in [3.63, 3.8) is 0 Å². The van der Waals surface area contributed by atoms with Crippen molar-refractivity contribution in [2.75, 3.05) is 26.9 Å². The van der Waals surface area contributed by atoms with Crippen LogP contribution in [-0.2, 0) is 16.1 Å². The Kier molecular flexibility index (Phi) is 12.3.